The van der Waals surface area contributed by atoms with E-state index in [2.05, 4.69) is 6.26 Å². The van der Waals surface area contributed by atoms with Gasteiger partial charge < -0.3 is 15.2 Å². The summed E-state index contributed by atoms with van der Waals surface area (Å²) < 4.78 is 10.4. The van der Waals surface area contributed by atoms with Crippen molar-refractivity contribution in [2.45, 2.75) is 0 Å². The Kier molecular flexibility index (Phi) is 12.1. The van der Waals surface area contributed by atoms with E-state index >= 15 is 0 Å². The lowest BCUT2D eigenvalue weighted by Crippen LogP contribution is -2.12. The van der Waals surface area contributed by atoms with Crippen molar-refractivity contribution < 1.29 is 9.47 Å². The van der Waals surface area contributed by atoms with E-state index in [0.717, 1.165) is 12.4 Å². The Morgan fingerprint density at radius 1 is 1.08 bits per heavy atom. The second kappa shape index (κ2) is 11.6. The Hall–Kier alpha value is 0.580. The molecular formula is C7H17NO2S2. The molecule has 74 valence electrons. The molecule has 0 saturated heterocycles. The van der Waals surface area contributed by atoms with Crippen LogP contribution < -0.4 is 5.73 Å². The first-order valence-corrected chi connectivity index (χ1v) is 6.65. The van der Waals surface area contributed by atoms with Crippen LogP contribution in [0.4, 0.5) is 0 Å². The molecule has 0 aromatic rings. The fourth-order valence-electron chi connectivity index (χ4n) is 0.582. The minimum absolute atomic E-state index is 0.586. The van der Waals surface area contributed by atoms with Gasteiger partial charge in [0.15, 0.2) is 0 Å². The van der Waals surface area contributed by atoms with Crippen LogP contribution in [0.25, 0.3) is 0 Å². The summed E-state index contributed by atoms with van der Waals surface area (Å²) in [7, 11) is 3.57. The lowest BCUT2D eigenvalue weighted by Gasteiger charge is -2.03. The van der Waals surface area contributed by atoms with Gasteiger partial charge >= 0.3 is 0 Å². The van der Waals surface area contributed by atoms with Crippen LogP contribution >= 0.6 is 21.6 Å². The zero-order chi connectivity index (χ0) is 9.07. The third-order valence-electron chi connectivity index (χ3n) is 1.06. The Labute approximate surface area is 82.1 Å². The largest absolute Gasteiger partial charge is 0.378 e. The van der Waals surface area contributed by atoms with Gasteiger partial charge in [-0.25, -0.2) is 0 Å². The van der Waals surface area contributed by atoms with Gasteiger partial charge in [-0.2, -0.15) is 0 Å². The molecule has 2 N–H and O–H groups in total. The van der Waals surface area contributed by atoms with Crippen molar-refractivity contribution in [3.05, 3.63) is 0 Å². The third kappa shape index (κ3) is 10.6. The summed E-state index contributed by atoms with van der Waals surface area (Å²) in [6.45, 7) is 3.35. The van der Waals surface area contributed by atoms with Crippen molar-refractivity contribution in [1.82, 2.24) is 0 Å². The van der Waals surface area contributed by atoms with Gasteiger partial charge in [-0.05, 0) is 6.26 Å². The summed E-state index contributed by atoms with van der Waals surface area (Å²) in [4.78, 5) is 0. The number of nitrogens with two attached hydrogens (primary N) is 1. The normalized spacial score (nSPS) is 10.5. The van der Waals surface area contributed by atoms with Crippen molar-refractivity contribution in [3.63, 3.8) is 0 Å². The quantitative estimate of drug-likeness (QED) is 0.455. The number of hydrogen-bond acceptors (Lipinski definition) is 5. The molecule has 0 heterocycles. The minimum Gasteiger partial charge on any atom is -0.378 e. The summed E-state index contributed by atoms with van der Waals surface area (Å²) in [5.41, 5.74) is 5.24. The molecular weight excluding hydrogens is 194 g/mol. The van der Waals surface area contributed by atoms with Gasteiger partial charge in [-0.3, -0.25) is 0 Å². The summed E-state index contributed by atoms with van der Waals surface area (Å²) in [6, 6.07) is 0. The highest BCUT2D eigenvalue weighted by Gasteiger charge is 1.89. The van der Waals surface area contributed by atoms with E-state index in [4.69, 9.17) is 15.2 Å². The fourth-order valence-corrected chi connectivity index (χ4v) is 1.64. The summed E-state index contributed by atoms with van der Waals surface area (Å²) >= 11 is 0. The average Bonchev–Trinajstić information content (AvgIpc) is 2.10. The molecule has 0 unspecified atom stereocenters. The number of rotatable bonds is 9. The molecule has 0 amide bonds. The smallest absolute Gasteiger partial charge is 0.0701 e. The molecule has 0 fully saturated rings. The summed E-state index contributed by atoms with van der Waals surface area (Å²) in [5.74, 6) is 1.04. The van der Waals surface area contributed by atoms with Gasteiger partial charge in [0.1, 0.15) is 0 Å². The SMILES string of the molecule is CSSCCOCCOCCN. The zero-order valence-electron chi connectivity index (χ0n) is 7.45. The molecule has 0 aliphatic rings. The Morgan fingerprint density at radius 3 is 2.33 bits per heavy atom. The van der Waals surface area contributed by atoms with Crippen LogP contribution in [-0.4, -0.2) is 45.0 Å². The predicted octanol–water partition coefficient (Wildman–Crippen LogP) is 0.989. The van der Waals surface area contributed by atoms with Gasteiger partial charge in [-0.15, -0.1) is 0 Å². The molecule has 3 nitrogen and oxygen atoms in total. The first kappa shape index (κ1) is 12.6. The number of ether oxygens (including phenoxy) is 2. The van der Waals surface area contributed by atoms with E-state index in [1.54, 1.807) is 10.8 Å². The highest BCUT2D eigenvalue weighted by molar-refractivity contribution is 8.76. The van der Waals surface area contributed by atoms with E-state index in [-0.39, 0.29) is 0 Å². The highest BCUT2D eigenvalue weighted by atomic mass is 33.1. The van der Waals surface area contributed by atoms with E-state index in [1.807, 2.05) is 10.8 Å². The van der Waals surface area contributed by atoms with Crippen molar-refractivity contribution in [1.29, 1.82) is 0 Å². The van der Waals surface area contributed by atoms with Crippen LogP contribution in [0.1, 0.15) is 0 Å². The van der Waals surface area contributed by atoms with Crippen LogP contribution in [0.5, 0.6) is 0 Å². The molecule has 0 saturated carbocycles. The topological polar surface area (TPSA) is 44.5 Å². The van der Waals surface area contributed by atoms with Crippen LogP contribution in [0.15, 0.2) is 0 Å². The lowest BCUT2D eigenvalue weighted by molar-refractivity contribution is 0.0571. The van der Waals surface area contributed by atoms with Crippen molar-refractivity contribution in [2.24, 2.45) is 5.73 Å². The van der Waals surface area contributed by atoms with Crippen molar-refractivity contribution in [2.75, 3.05) is 45.0 Å². The predicted molar refractivity (Wildman–Crippen MR) is 56.7 cm³/mol. The van der Waals surface area contributed by atoms with Gasteiger partial charge in [0.2, 0.25) is 0 Å². The maximum absolute atomic E-state index is 5.28. The highest BCUT2D eigenvalue weighted by Crippen LogP contribution is 2.15. The first-order chi connectivity index (χ1) is 5.91. The van der Waals surface area contributed by atoms with E-state index in [0.29, 0.717) is 26.4 Å². The van der Waals surface area contributed by atoms with Crippen LogP contribution in [0, 0.1) is 0 Å². The minimum atomic E-state index is 0.586. The molecule has 0 bridgehead atoms. The molecule has 0 aromatic carbocycles. The molecule has 0 atom stereocenters. The molecule has 12 heavy (non-hydrogen) atoms. The third-order valence-corrected chi connectivity index (χ3v) is 2.84. The van der Waals surface area contributed by atoms with Gasteiger partial charge in [0, 0.05) is 12.3 Å². The first-order valence-electron chi connectivity index (χ1n) is 3.93. The molecule has 0 aliphatic heterocycles. The van der Waals surface area contributed by atoms with Crippen molar-refractivity contribution >= 4 is 21.6 Å². The summed E-state index contributed by atoms with van der Waals surface area (Å²) in [5, 5.41) is 0. The lowest BCUT2D eigenvalue weighted by atomic mass is 10.7. The molecule has 5 heteroatoms. The van der Waals surface area contributed by atoms with Gasteiger partial charge in [0.05, 0.1) is 26.4 Å². The van der Waals surface area contributed by atoms with E-state index in [9.17, 15) is 0 Å². The number of hydrogen-bond donors (Lipinski definition) is 1. The Balaban J connectivity index is 2.73. The zero-order valence-corrected chi connectivity index (χ0v) is 9.09. The monoisotopic (exact) mass is 211 g/mol. The van der Waals surface area contributed by atoms with Gasteiger partial charge in [0.25, 0.3) is 0 Å². The van der Waals surface area contributed by atoms with E-state index < -0.39 is 0 Å². The second-order valence-electron chi connectivity index (χ2n) is 2.00. The van der Waals surface area contributed by atoms with E-state index in [1.165, 1.54) is 0 Å². The molecule has 0 spiro atoms. The molecule has 0 rings (SSSR count). The molecule has 0 radical (unpaired) electrons. The maximum Gasteiger partial charge on any atom is 0.0701 e. The standard InChI is InChI=1S/C7H17NO2S2/c1-11-12-7-6-10-5-4-9-3-2-8/h2-8H2,1H3. The second-order valence-corrected chi connectivity index (χ2v) is 4.69. The maximum atomic E-state index is 5.28. The van der Waals surface area contributed by atoms with Crippen LogP contribution in [0.2, 0.25) is 0 Å². The Morgan fingerprint density at radius 2 is 1.75 bits per heavy atom. The van der Waals surface area contributed by atoms with Gasteiger partial charge in [-0.1, -0.05) is 21.6 Å². The molecule has 0 aliphatic carbocycles. The van der Waals surface area contributed by atoms with Crippen LogP contribution in [-0.2, 0) is 9.47 Å². The van der Waals surface area contributed by atoms with Crippen LogP contribution in [0.3, 0.4) is 0 Å². The summed E-state index contributed by atoms with van der Waals surface area (Å²) in [6.07, 6.45) is 2.06. The van der Waals surface area contributed by atoms with Crippen molar-refractivity contribution in [3.8, 4) is 0 Å². The fraction of sp³-hybridized carbons (Fsp3) is 1.00. The average molecular weight is 211 g/mol. The Bertz CT molecular complexity index is 75.8. The molecule has 0 aromatic heterocycles.